The minimum Gasteiger partial charge on any atom is -0.452 e. The normalized spacial score (nSPS) is 24.9. The molecule has 1 fully saturated rings. The van der Waals surface area contributed by atoms with E-state index in [2.05, 4.69) is 27.7 Å². The molecule has 0 saturated carbocycles. The predicted molar refractivity (Wildman–Crippen MR) is 65.0 cm³/mol. The Hall–Kier alpha value is -0.810. The van der Waals surface area contributed by atoms with Crippen molar-refractivity contribution in [1.82, 2.24) is 4.31 Å². The first kappa shape index (κ1) is 12.6. The van der Waals surface area contributed by atoms with Crippen LogP contribution >= 0.6 is 0 Å². The molecule has 2 heterocycles. The summed E-state index contributed by atoms with van der Waals surface area (Å²) in [5.74, 6) is 0.295. The lowest BCUT2D eigenvalue weighted by molar-refractivity contribution is -0.0102. The van der Waals surface area contributed by atoms with Crippen LogP contribution in [0.4, 0.5) is 0 Å². The fraction of sp³-hybridized carbons (Fsp3) is 0.667. The standard InChI is InChI=1S/C12H19NO3S/c1-9(2)11-12(3,4)8-13(11)17(14,15)10-6-5-7-16-10/h5-7,9,11H,8H2,1-4H3. The predicted octanol–water partition coefficient (Wildman–Crippen LogP) is 2.33. The summed E-state index contributed by atoms with van der Waals surface area (Å²) < 4.78 is 31.2. The number of furan rings is 1. The summed E-state index contributed by atoms with van der Waals surface area (Å²) in [5.41, 5.74) is 0.0355. The summed E-state index contributed by atoms with van der Waals surface area (Å²) in [6.45, 7) is 8.86. The highest BCUT2D eigenvalue weighted by atomic mass is 32.2. The number of sulfonamides is 1. The van der Waals surface area contributed by atoms with Crippen LogP contribution in [0.3, 0.4) is 0 Å². The van der Waals surface area contributed by atoms with Gasteiger partial charge in [0.15, 0.2) is 0 Å². The zero-order chi connectivity index (χ0) is 12.8. The summed E-state index contributed by atoms with van der Waals surface area (Å²) in [5, 5.41) is 0.0404. The van der Waals surface area contributed by atoms with Crippen molar-refractivity contribution in [3.8, 4) is 0 Å². The van der Waals surface area contributed by atoms with Gasteiger partial charge < -0.3 is 4.42 Å². The third kappa shape index (κ3) is 1.91. The van der Waals surface area contributed by atoms with Crippen LogP contribution < -0.4 is 0 Å². The maximum atomic E-state index is 12.3. The Bertz CT molecular complexity index is 488. The van der Waals surface area contributed by atoms with Gasteiger partial charge in [-0.1, -0.05) is 27.7 Å². The second kappa shape index (κ2) is 3.85. The molecule has 1 saturated heterocycles. The van der Waals surface area contributed by atoms with Gasteiger partial charge in [0.2, 0.25) is 5.09 Å². The molecule has 96 valence electrons. The molecule has 1 aromatic rings. The first-order valence-corrected chi connectivity index (χ1v) is 7.26. The highest BCUT2D eigenvalue weighted by Gasteiger charge is 2.53. The summed E-state index contributed by atoms with van der Waals surface area (Å²) in [6.07, 6.45) is 1.39. The minimum absolute atomic E-state index is 0.0355. The van der Waals surface area contributed by atoms with E-state index in [-0.39, 0.29) is 16.5 Å². The van der Waals surface area contributed by atoms with Crippen LogP contribution in [0.1, 0.15) is 27.7 Å². The number of nitrogens with zero attached hydrogens (tertiary/aromatic N) is 1. The van der Waals surface area contributed by atoms with Crippen molar-refractivity contribution in [2.45, 2.75) is 38.8 Å². The first-order chi connectivity index (χ1) is 7.77. The van der Waals surface area contributed by atoms with E-state index in [1.54, 1.807) is 10.4 Å². The largest absolute Gasteiger partial charge is 0.452 e. The fourth-order valence-corrected chi connectivity index (χ4v) is 4.86. The second-order valence-electron chi connectivity index (χ2n) is 5.66. The van der Waals surface area contributed by atoms with Crippen LogP contribution in [-0.2, 0) is 10.0 Å². The number of hydrogen-bond acceptors (Lipinski definition) is 3. The molecule has 5 heteroatoms. The molecule has 1 aromatic heterocycles. The van der Waals surface area contributed by atoms with Gasteiger partial charge in [0.05, 0.1) is 6.26 Å². The third-order valence-electron chi connectivity index (χ3n) is 3.36. The van der Waals surface area contributed by atoms with Gasteiger partial charge in [0, 0.05) is 12.6 Å². The topological polar surface area (TPSA) is 50.5 Å². The molecule has 0 radical (unpaired) electrons. The molecule has 4 nitrogen and oxygen atoms in total. The average molecular weight is 257 g/mol. The van der Waals surface area contributed by atoms with E-state index in [0.717, 1.165) is 0 Å². The minimum atomic E-state index is -3.46. The highest BCUT2D eigenvalue weighted by Crippen LogP contribution is 2.44. The Morgan fingerprint density at radius 2 is 2.12 bits per heavy atom. The van der Waals surface area contributed by atoms with Gasteiger partial charge >= 0.3 is 0 Å². The number of rotatable bonds is 3. The monoisotopic (exact) mass is 257 g/mol. The van der Waals surface area contributed by atoms with Crippen LogP contribution in [0.15, 0.2) is 27.9 Å². The quantitative estimate of drug-likeness (QED) is 0.835. The molecule has 0 spiro atoms. The van der Waals surface area contributed by atoms with Crippen molar-refractivity contribution in [2.24, 2.45) is 11.3 Å². The Morgan fingerprint density at radius 3 is 2.53 bits per heavy atom. The smallest absolute Gasteiger partial charge is 0.276 e. The average Bonchev–Trinajstić information content (AvgIpc) is 2.66. The third-order valence-corrected chi connectivity index (χ3v) is 5.08. The van der Waals surface area contributed by atoms with Crippen molar-refractivity contribution in [1.29, 1.82) is 0 Å². The molecule has 1 aliphatic heterocycles. The molecule has 17 heavy (non-hydrogen) atoms. The van der Waals surface area contributed by atoms with Gasteiger partial charge in [-0.05, 0) is 23.5 Å². The van der Waals surface area contributed by atoms with Crippen LogP contribution in [0, 0.1) is 11.3 Å². The lowest BCUT2D eigenvalue weighted by Crippen LogP contribution is -2.65. The van der Waals surface area contributed by atoms with Crippen molar-refractivity contribution in [3.05, 3.63) is 18.4 Å². The molecular weight excluding hydrogens is 238 g/mol. The SMILES string of the molecule is CC(C)C1N(S(=O)(=O)c2ccco2)CC1(C)C. The molecule has 1 atom stereocenters. The lowest BCUT2D eigenvalue weighted by Gasteiger charge is -2.54. The highest BCUT2D eigenvalue weighted by molar-refractivity contribution is 7.89. The zero-order valence-corrected chi connectivity index (χ0v) is 11.5. The van der Waals surface area contributed by atoms with Crippen molar-refractivity contribution < 1.29 is 12.8 Å². The van der Waals surface area contributed by atoms with E-state index in [9.17, 15) is 8.42 Å². The first-order valence-electron chi connectivity index (χ1n) is 5.82. The molecular formula is C12H19NO3S. The van der Waals surface area contributed by atoms with E-state index in [1.165, 1.54) is 12.3 Å². The van der Waals surface area contributed by atoms with Gasteiger partial charge in [-0.25, -0.2) is 8.42 Å². The summed E-state index contributed by atoms with van der Waals surface area (Å²) >= 11 is 0. The summed E-state index contributed by atoms with van der Waals surface area (Å²) in [4.78, 5) is 0. The van der Waals surface area contributed by atoms with Gasteiger partial charge in [-0.3, -0.25) is 0 Å². The van der Waals surface area contributed by atoms with Gasteiger partial charge in [-0.15, -0.1) is 0 Å². The molecule has 0 aliphatic carbocycles. The Kier molecular flexibility index (Phi) is 2.86. The van der Waals surface area contributed by atoms with E-state index in [0.29, 0.717) is 12.5 Å². The van der Waals surface area contributed by atoms with Crippen LogP contribution in [0.5, 0.6) is 0 Å². The van der Waals surface area contributed by atoms with Gasteiger partial charge in [-0.2, -0.15) is 4.31 Å². The Morgan fingerprint density at radius 1 is 1.47 bits per heavy atom. The molecule has 0 amide bonds. The number of hydrogen-bond donors (Lipinski definition) is 0. The van der Waals surface area contributed by atoms with E-state index in [1.807, 2.05) is 0 Å². The maximum Gasteiger partial charge on any atom is 0.276 e. The van der Waals surface area contributed by atoms with Crippen LogP contribution in [0.2, 0.25) is 0 Å². The van der Waals surface area contributed by atoms with Gasteiger partial charge in [0.1, 0.15) is 0 Å². The molecule has 0 aromatic carbocycles. The van der Waals surface area contributed by atoms with E-state index < -0.39 is 10.0 Å². The molecule has 2 rings (SSSR count). The summed E-state index contributed by atoms with van der Waals surface area (Å²) in [7, 11) is -3.46. The molecule has 1 aliphatic rings. The van der Waals surface area contributed by atoms with Crippen LogP contribution in [-0.4, -0.2) is 25.3 Å². The van der Waals surface area contributed by atoms with Gasteiger partial charge in [0.25, 0.3) is 10.0 Å². The van der Waals surface area contributed by atoms with E-state index in [4.69, 9.17) is 4.42 Å². The molecule has 1 unspecified atom stereocenters. The van der Waals surface area contributed by atoms with Crippen LogP contribution in [0.25, 0.3) is 0 Å². The Labute approximate surface area is 103 Å². The van der Waals surface area contributed by atoms with E-state index >= 15 is 0 Å². The Balaban J connectivity index is 2.32. The van der Waals surface area contributed by atoms with Crippen molar-refractivity contribution >= 4 is 10.0 Å². The fourth-order valence-electron chi connectivity index (χ4n) is 2.87. The maximum absolute atomic E-state index is 12.3. The summed E-state index contributed by atoms with van der Waals surface area (Å²) in [6, 6.07) is 3.14. The second-order valence-corrected chi connectivity index (χ2v) is 7.48. The van der Waals surface area contributed by atoms with Crippen molar-refractivity contribution in [3.63, 3.8) is 0 Å². The molecule has 0 bridgehead atoms. The lowest BCUT2D eigenvalue weighted by atomic mass is 9.72. The molecule has 0 N–H and O–H groups in total. The zero-order valence-electron chi connectivity index (χ0n) is 10.7. The van der Waals surface area contributed by atoms with Crippen molar-refractivity contribution in [2.75, 3.05) is 6.54 Å².